The zero-order valence-electron chi connectivity index (χ0n) is 15.7. The Kier molecular flexibility index (Phi) is 6.24. The summed E-state index contributed by atoms with van der Waals surface area (Å²) in [5.41, 5.74) is 9.28. The Morgan fingerprint density at radius 3 is 2.52 bits per heavy atom. The predicted octanol–water partition coefficient (Wildman–Crippen LogP) is 3.38. The minimum Gasteiger partial charge on any atom is -0.348 e. The minimum absolute atomic E-state index is 0.0869. The van der Waals surface area contributed by atoms with Gasteiger partial charge in [0.25, 0.3) is 5.91 Å². The molecule has 2 aromatic carbocycles. The number of nitrogens with two attached hydrogens (primary N) is 1. The molecular weight excluding hydrogens is 338 g/mol. The van der Waals surface area contributed by atoms with E-state index < -0.39 is 0 Å². The quantitative estimate of drug-likeness (QED) is 0.734. The number of rotatable bonds is 6. The molecule has 4 N–H and O–H groups in total. The monoisotopic (exact) mass is 365 g/mol. The van der Waals surface area contributed by atoms with Crippen molar-refractivity contribution in [1.29, 1.82) is 0 Å². The Morgan fingerprint density at radius 1 is 1.07 bits per heavy atom. The third-order valence-electron chi connectivity index (χ3n) is 5.18. The van der Waals surface area contributed by atoms with Crippen LogP contribution in [-0.2, 0) is 11.3 Å². The molecule has 0 aromatic heterocycles. The van der Waals surface area contributed by atoms with E-state index in [9.17, 15) is 9.59 Å². The molecule has 1 fully saturated rings. The van der Waals surface area contributed by atoms with Crippen molar-refractivity contribution in [2.45, 2.75) is 45.2 Å². The van der Waals surface area contributed by atoms with Crippen molar-refractivity contribution in [3.63, 3.8) is 0 Å². The fourth-order valence-electron chi connectivity index (χ4n) is 3.53. The highest BCUT2D eigenvalue weighted by Crippen LogP contribution is 2.27. The van der Waals surface area contributed by atoms with E-state index >= 15 is 0 Å². The van der Waals surface area contributed by atoms with Crippen LogP contribution in [0.25, 0.3) is 0 Å². The molecule has 3 rings (SSSR count). The van der Waals surface area contributed by atoms with Gasteiger partial charge in [-0.3, -0.25) is 9.59 Å². The number of aryl methyl sites for hydroxylation is 1. The molecule has 0 bridgehead atoms. The van der Waals surface area contributed by atoms with Crippen LogP contribution in [0.2, 0.25) is 0 Å². The molecule has 0 heterocycles. The Morgan fingerprint density at radius 2 is 1.81 bits per heavy atom. The van der Waals surface area contributed by atoms with Gasteiger partial charge in [0.15, 0.2) is 0 Å². The standard InChI is InChI=1S/C22H27N3O2/c1-15-9-11-16(12-10-15)14-24-22(27)18-6-2-3-8-20(18)25-21(26)13-17-5-4-7-19(17)23/h2-3,6,8-12,17,19H,4-5,7,13-14,23H2,1H3,(H,24,27)(H,25,26)/t17-,19+/m0/s1. The summed E-state index contributed by atoms with van der Waals surface area (Å²) in [6, 6.07) is 15.2. The number of nitrogens with one attached hydrogen (secondary N) is 2. The van der Waals surface area contributed by atoms with E-state index in [-0.39, 0.29) is 23.8 Å². The van der Waals surface area contributed by atoms with Gasteiger partial charge in [-0.05, 0) is 43.4 Å². The lowest BCUT2D eigenvalue weighted by molar-refractivity contribution is -0.117. The molecule has 2 amide bonds. The van der Waals surface area contributed by atoms with Gasteiger partial charge in [0.05, 0.1) is 11.3 Å². The van der Waals surface area contributed by atoms with Gasteiger partial charge < -0.3 is 16.4 Å². The number of amides is 2. The number of anilines is 1. The van der Waals surface area contributed by atoms with Crippen LogP contribution in [-0.4, -0.2) is 17.9 Å². The van der Waals surface area contributed by atoms with Gasteiger partial charge in [0.2, 0.25) is 5.91 Å². The lowest BCUT2D eigenvalue weighted by Crippen LogP contribution is -2.29. The second kappa shape index (κ2) is 8.82. The van der Waals surface area contributed by atoms with E-state index in [0.29, 0.717) is 24.2 Å². The third kappa shape index (κ3) is 5.17. The maximum absolute atomic E-state index is 12.6. The summed E-state index contributed by atoms with van der Waals surface area (Å²) in [6.07, 6.45) is 3.46. The fraction of sp³-hybridized carbons (Fsp3) is 0.364. The predicted molar refractivity (Wildman–Crippen MR) is 107 cm³/mol. The molecule has 0 saturated heterocycles. The number of carbonyl (C=O) groups is 2. The lowest BCUT2D eigenvalue weighted by atomic mass is 9.99. The van der Waals surface area contributed by atoms with Crippen LogP contribution in [0.3, 0.4) is 0 Å². The van der Waals surface area contributed by atoms with Crippen molar-refractivity contribution in [1.82, 2.24) is 5.32 Å². The average molecular weight is 365 g/mol. The zero-order chi connectivity index (χ0) is 19.2. The van der Waals surface area contributed by atoms with Crippen LogP contribution in [0.4, 0.5) is 5.69 Å². The summed E-state index contributed by atoms with van der Waals surface area (Å²) < 4.78 is 0. The summed E-state index contributed by atoms with van der Waals surface area (Å²) in [4.78, 5) is 25.0. The summed E-state index contributed by atoms with van der Waals surface area (Å²) in [5, 5.41) is 5.81. The first-order chi connectivity index (χ1) is 13.0. The van der Waals surface area contributed by atoms with Crippen LogP contribution < -0.4 is 16.4 Å². The molecule has 5 nitrogen and oxygen atoms in total. The molecule has 0 aliphatic heterocycles. The van der Waals surface area contributed by atoms with Crippen LogP contribution >= 0.6 is 0 Å². The molecule has 1 saturated carbocycles. The largest absolute Gasteiger partial charge is 0.348 e. The molecule has 27 heavy (non-hydrogen) atoms. The first kappa shape index (κ1) is 19.1. The van der Waals surface area contributed by atoms with Gasteiger partial charge in [-0.25, -0.2) is 0 Å². The first-order valence-electron chi connectivity index (χ1n) is 9.51. The molecule has 1 aliphatic rings. The van der Waals surface area contributed by atoms with Gasteiger partial charge in [-0.15, -0.1) is 0 Å². The molecule has 1 aliphatic carbocycles. The molecule has 0 radical (unpaired) electrons. The van der Waals surface area contributed by atoms with E-state index in [1.165, 1.54) is 5.56 Å². The van der Waals surface area contributed by atoms with Gasteiger partial charge in [0, 0.05) is 19.0 Å². The summed E-state index contributed by atoms with van der Waals surface area (Å²) in [7, 11) is 0. The van der Waals surface area contributed by atoms with E-state index in [2.05, 4.69) is 10.6 Å². The Balaban J connectivity index is 1.61. The second-order valence-corrected chi connectivity index (χ2v) is 7.32. The van der Waals surface area contributed by atoms with Crippen molar-refractivity contribution in [2.75, 3.05) is 5.32 Å². The van der Waals surface area contributed by atoms with Gasteiger partial charge in [-0.2, -0.15) is 0 Å². The van der Waals surface area contributed by atoms with E-state index in [0.717, 1.165) is 24.8 Å². The number of hydrogen-bond acceptors (Lipinski definition) is 3. The van der Waals surface area contributed by atoms with Crippen LogP contribution in [0, 0.1) is 12.8 Å². The van der Waals surface area contributed by atoms with E-state index in [1.54, 1.807) is 18.2 Å². The Bertz CT molecular complexity index is 801. The van der Waals surface area contributed by atoms with Crippen LogP contribution in [0.5, 0.6) is 0 Å². The molecule has 142 valence electrons. The second-order valence-electron chi connectivity index (χ2n) is 7.32. The summed E-state index contributed by atoms with van der Waals surface area (Å²) in [5.74, 6) is -0.0623. The van der Waals surface area contributed by atoms with Crippen molar-refractivity contribution in [3.8, 4) is 0 Å². The Labute approximate surface area is 160 Å². The molecule has 0 unspecified atom stereocenters. The van der Waals surface area contributed by atoms with E-state index in [1.807, 2.05) is 37.3 Å². The van der Waals surface area contributed by atoms with Gasteiger partial charge in [0.1, 0.15) is 0 Å². The highest BCUT2D eigenvalue weighted by molar-refractivity contribution is 6.03. The number of hydrogen-bond donors (Lipinski definition) is 3. The molecule has 2 atom stereocenters. The molecule has 5 heteroatoms. The fourth-order valence-corrected chi connectivity index (χ4v) is 3.53. The van der Waals surface area contributed by atoms with Crippen LogP contribution in [0.1, 0.15) is 47.2 Å². The highest BCUT2D eigenvalue weighted by atomic mass is 16.2. The highest BCUT2D eigenvalue weighted by Gasteiger charge is 2.26. The minimum atomic E-state index is -0.205. The average Bonchev–Trinajstić information content (AvgIpc) is 3.06. The van der Waals surface area contributed by atoms with Gasteiger partial charge >= 0.3 is 0 Å². The zero-order valence-corrected chi connectivity index (χ0v) is 15.7. The smallest absolute Gasteiger partial charge is 0.253 e. The Hall–Kier alpha value is -2.66. The normalized spacial score (nSPS) is 18.9. The topological polar surface area (TPSA) is 84.2 Å². The number of benzene rings is 2. The number of para-hydroxylation sites is 1. The molecular formula is C22H27N3O2. The summed E-state index contributed by atoms with van der Waals surface area (Å²) >= 11 is 0. The molecule has 0 spiro atoms. The van der Waals surface area contributed by atoms with E-state index in [4.69, 9.17) is 5.73 Å². The van der Waals surface area contributed by atoms with Gasteiger partial charge in [-0.1, -0.05) is 48.4 Å². The maximum atomic E-state index is 12.6. The third-order valence-corrected chi connectivity index (χ3v) is 5.18. The van der Waals surface area contributed by atoms with Crippen molar-refractivity contribution in [2.24, 2.45) is 11.7 Å². The van der Waals surface area contributed by atoms with Crippen molar-refractivity contribution >= 4 is 17.5 Å². The van der Waals surface area contributed by atoms with Crippen molar-refractivity contribution < 1.29 is 9.59 Å². The molecule has 2 aromatic rings. The number of carbonyl (C=O) groups excluding carboxylic acids is 2. The lowest BCUT2D eigenvalue weighted by Gasteiger charge is -2.16. The first-order valence-corrected chi connectivity index (χ1v) is 9.51. The van der Waals surface area contributed by atoms with Crippen molar-refractivity contribution in [3.05, 3.63) is 65.2 Å². The SMILES string of the molecule is Cc1ccc(CNC(=O)c2ccccc2NC(=O)C[C@@H]2CCC[C@H]2N)cc1. The van der Waals surface area contributed by atoms with Crippen LogP contribution in [0.15, 0.2) is 48.5 Å². The maximum Gasteiger partial charge on any atom is 0.253 e. The summed E-state index contributed by atoms with van der Waals surface area (Å²) in [6.45, 7) is 2.47.